The van der Waals surface area contributed by atoms with Crippen LogP contribution in [0.5, 0.6) is 0 Å². The highest BCUT2D eigenvalue weighted by atomic mass is 16.5. The van der Waals surface area contributed by atoms with Crippen molar-refractivity contribution in [2.75, 3.05) is 6.61 Å². The molecule has 0 aromatic heterocycles. The molecule has 2 heteroatoms. The smallest absolute Gasteiger partial charge is 0.302 e. The third-order valence-electron chi connectivity index (χ3n) is 4.52. The number of hydrogen-bond donors (Lipinski definition) is 0. The van der Waals surface area contributed by atoms with Crippen LogP contribution in [-0.4, -0.2) is 12.6 Å². The summed E-state index contributed by atoms with van der Waals surface area (Å²) in [6, 6.07) is 0. The van der Waals surface area contributed by atoms with Gasteiger partial charge in [0.1, 0.15) is 6.61 Å². The first kappa shape index (κ1) is 14.3. The summed E-state index contributed by atoms with van der Waals surface area (Å²) in [7, 11) is 0. The molecule has 0 amide bonds. The molecule has 1 fully saturated rings. The van der Waals surface area contributed by atoms with Crippen molar-refractivity contribution >= 4 is 5.97 Å². The van der Waals surface area contributed by atoms with Crippen molar-refractivity contribution in [3.63, 3.8) is 0 Å². The van der Waals surface area contributed by atoms with E-state index in [-0.39, 0.29) is 5.97 Å². The lowest BCUT2D eigenvalue weighted by atomic mass is 9.75. The van der Waals surface area contributed by atoms with Crippen LogP contribution >= 0.6 is 0 Å². The Morgan fingerprint density at radius 2 is 2.00 bits per heavy atom. The fourth-order valence-electron chi connectivity index (χ4n) is 2.64. The first-order valence-corrected chi connectivity index (χ1v) is 6.63. The predicted molar refractivity (Wildman–Crippen MR) is 70.7 cm³/mol. The first-order chi connectivity index (χ1) is 7.84. The molecule has 0 aromatic rings. The van der Waals surface area contributed by atoms with Crippen LogP contribution in [0.2, 0.25) is 0 Å². The van der Waals surface area contributed by atoms with E-state index in [4.69, 9.17) is 4.74 Å². The molecule has 0 heterocycles. The number of carbonyl (C=O) groups is 1. The van der Waals surface area contributed by atoms with Gasteiger partial charge in [-0.25, -0.2) is 0 Å². The molecule has 2 unspecified atom stereocenters. The molecular formula is C15H26O2. The summed E-state index contributed by atoms with van der Waals surface area (Å²) < 4.78 is 4.98. The maximum Gasteiger partial charge on any atom is 0.302 e. The van der Waals surface area contributed by atoms with E-state index >= 15 is 0 Å². The molecule has 0 N–H and O–H groups in total. The molecule has 98 valence electrons. The zero-order valence-corrected chi connectivity index (χ0v) is 11.9. The summed E-state index contributed by atoms with van der Waals surface area (Å²) in [5.74, 6) is 1.38. The Morgan fingerprint density at radius 3 is 2.47 bits per heavy atom. The quantitative estimate of drug-likeness (QED) is 0.547. The molecule has 17 heavy (non-hydrogen) atoms. The monoisotopic (exact) mass is 238 g/mol. The number of rotatable bonds is 4. The molecule has 1 saturated carbocycles. The van der Waals surface area contributed by atoms with Crippen LogP contribution in [0.1, 0.15) is 53.9 Å². The van der Waals surface area contributed by atoms with Crippen LogP contribution in [0.25, 0.3) is 0 Å². The molecule has 0 saturated heterocycles. The van der Waals surface area contributed by atoms with Gasteiger partial charge in [-0.05, 0) is 49.0 Å². The molecule has 2 nitrogen and oxygen atoms in total. The molecular weight excluding hydrogens is 212 g/mol. The average Bonchev–Trinajstić information content (AvgIpc) is 2.49. The number of carbonyl (C=O) groups excluding carboxylic acids is 1. The molecule has 2 atom stereocenters. The fraction of sp³-hybridized carbons (Fsp3) is 0.800. The van der Waals surface area contributed by atoms with Crippen LogP contribution in [0.4, 0.5) is 0 Å². The molecule has 0 spiro atoms. The van der Waals surface area contributed by atoms with Crippen LogP contribution < -0.4 is 0 Å². The predicted octanol–water partition coefficient (Wildman–Crippen LogP) is 3.96. The van der Waals surface area contributed by atoms with Gasteiger partial charge in [0.25, 0.3) is 0 Å². The van der Waals surface area contributed by atoms with Crippen molar-refractivity contribution < 1.29 is 9.53 Å². The van der Waals surface area contributed by atoms with Gasteiger partial charge >= 0.3 is 5.97 Å². The van der Waals surface area contributed by atoms with Gasteiger partial charge in [-0.1, -0.05) is 26.8 Å². The van der Waals surface area contributed by atoms with Crippen molar-refractivity contribution in [1.82, 2.24) is 0 Å². The SMILES string of the molecule is CC(=O)OCC(C)=CCC1CCC(C)C1(C)C. The van der Waals surface area contributed by atoms with E-state index < -0.39 is 0 Å². The lowest BCUT2D eigenvalue weighted by Crippen LogP contribution is -2.22. The standard InChI is InChI=1S/C15H26O2/c1-11(10-17-13(3)16)6-8-14-9-7-12(2)15(14,4)5/h6,12,14H,7-10H2,1-5H3. The molecule has 0 aliphatic heterocycles. The lowest BCUT2D eigenvalue weighted by molar-refractivity contribution is -0.139. The first-order valence-electron chi connectivity index (χ1n) is 6.63. The minimum atomic E-state index is -0.201. The molecule has 1 aliphatic rings. The van der Waals surface area contributed by atoms with Crippen LogP contribution in [0.15, 0.2) is 11.6 Å². The van der Waals surface area contributed by atoms with Gasteiger partial charge < -0.3 is 4.74 Å². The summed E-state index contributed by atoms with van der Waals surface area (Å²) in [4.78, 5) is 10.7. The third-order valence-corrected chi connectivity index (χ3v) is 4.52. The summed E-state index contributed by atoms with van der Waals surface area (Å²) in [5, 5.41) is 0. The third kappa shape index (κ3) is 3.86. The van der Waals surface area contributed by atoms with Gasteiger partial charge in [0.15, 0.2) is 0 Å². The number of esters is 1. The van der Waals surface area contributed by atoms with E-state index in [1.807, 2.05) is 6.92 Å². The summed E-state index contributed by atoms with van der Waals surface area (Å²) in [5.41, 5.74) is 1.61. The van der Waals surface area contributed by atoms with Gasteiger partial charge in [0, 0.05) is 6.92 Å². The van der Waals surface area contributed by atoms with E-state index in [1.54, 1.807) is 0 Å². The van der Waals surface area contributed by atoms with Gasteiger partial charge in [0.2, 0.25) is 0 Å². The van der Waals surface area contributed by atoms with E-state index in [0.29, 0.717) is 12.0 Å². The van der Waals surface area contributed by atoms with Crippen molar-refractivity contribution in [1.29, 1.82) is 0 Å². The average molecular weight is 238 g/mol. The Labute approximate surface area is 105 Å². The van der Waals surface area contributed by atoms with Crippen molar-refractivity contribution in [2.24, 2.45) is 17.3 Å². The van der Waals surface area contributed by atoms with Gasteiger partial charge in [-0.2, -0.15) is 0 Å². The zero-order valence-electron chi connectivity index (χ0n) is 11.9. The van der Waals surface area contributed by atoms with Gasteiger partial charge in [-0.3, -0.25) is 4.79 Å². The second kappa shape index (κ2) is 5.70. The molecule has 1 aliphatic carbocycles. The Balaban J connectivity index is 2.45. The highest BCUT2D eigenvalue weighted by molar-refractivity contribution is 5.66. The molecule has 0 bridgehead atoms. The van der Waals surface area contributed by atoms with E-state index in [0.717, 1.165) is 23.8 Å². The molecule has 1 rings (SSSR count). The second-order valence-electron chi connectivity index (χ2n) is 6.06. The Morgan fingerprint density at radius 1 is 1.35 bits per heavy atom. The van der Waals surface area contributed by atoms with Crippen molar-refractivity contribution in [2.45, 2.75) is 53.9 Å². The minimum absolute atomic E-state index is 0.201. The highest BCUT2D eigenvalue weighted by Crippen LogP contribution is 2.48. The van der Waals surface area contributed by atoms with E-state index in [9.17, 15) is 4.79 Å². The van der Waals surface area contributed by atoms with E-state index in [2.05, 4.69) is 26.8 Å². The summed E-state index contributed by atoms with van der Waals surface area (Å²) in [6.45, 7) is 11.0. The number of allylic oxidation sites excluding steroid dienone is 1. The largest absolute Gasteiger partial charge is 0.461 e. The van der Waals surface area contributed by atoms with Crippen LogP contribution in [0.3, 0.4) is 0 Å². The summed E-state index contributed by atoms with van der Waals surface area (Å²) in [6.07, 6.45) is 6.03. The van der Waals surface area contributed by atoms with Crippen LogP contribution in [0, 0.1) is 17.3 Å². The molecule has 0 radical (unpaired) electrons. The Hall–Kier alpha value is -0.790. The Kier molecular flexibility index (Phi) is 4.79. The number of hydrogen-bond acceptors (Lipinski definition) is 2. The Bertz CT molecular complexity index is 302. The van der Waals surface area contributed by atoms with Crippen molar-refractivity contribution in [3.05, 3.63) is 11.6 Å². The van der Waals surface area contributed by atoms with Gasteiger partial charge in [0.05, 0.1) is 0 Å². The molecule has 0 aromatic carbocycles. The van der Waals surface area contributed by atoms with Crippen LogP contribution in [-0.2, 0) is 9.53 Å². The van der Waals surface area contributed by atoms with Gasteiger partial charge in [-0.15, -0.1) is 0 Å². The summed E-state index contributed by atoms with van der Waals surface area (Å²) >= 11 is 0. The zero-order chi connectivity index (χ0) is 13.1. The maximum absolute atomic E-state index is 10.7. The second-order valence-corrected chi connectivity index (χ2v) is 6.06. The minimum Gasteiger partial charge on any atom is -0.461 e. The topological polar surface area (TPSA) is 26.3 Å². The number of ether oxygens (including phenoxy) is 1. The van der Waals surface area contributed by atoms with E-state index in [1.165, 1.54) is 19.8 Å². The normalized spacial score (nSPS) is 28.2. The fourth-order valence-corrected chi connectivity index (χ4v) is 2.64. The maximum atomic E-state index is 10.7. The van der Waals surface area contributed by atoms with Crippen molar-refractivity contribution in [3.8, 4) is 0 Å². The lowest BCUT2D eigenvalue weighted by Gasteiger charge is -2.30. The highest BCUT2D eigenvalue weighted by Gasteiger charge is 2.39.